The zero-order valence-electron chi connectivity index (χ0n) is 22.4. The molecule has 0 aliphatic carbocycles. The van der Waals surface area contributed by atoms with E-state index in [2.05, 4.69) is 16.0 Å². The third kappa shape index (κ3) is 4.96. The minimum absolute atomic E-state index is 0.0315. The van der Waals surface area contributed by atoms with Crippen molar-refractivity contribution < 1.29 is 23.2 Å². The predicted octanol–water partition coefficient (Wildman–Crippen LogP) is 5.76. The molecular formula is C30H28Cl2F2N4O3. The van der Waals surface area contributed by atoms with Crippen molar-refractivity contribution in [3.8, 4) is 0 Å². The number of carbonyl (C=O) groups is 3. The molecule has 3 aromatic rings. The van der Waals surface area contributed by atoms with Gasteiger partial charge in [-0.25, -0.2) is 8.78 Å². The zero-order valence-corrected chi connectivity index (χ0v) is 24.0. The second-order valence-corrected chi connectivity index (χ2v) is 12.5. The standard InChI is InChI=1S/C30H28Cl2F2N4O3/c1-29(2,3)13-22-30(17-11-20(33)19(32)12-21(17)37-28(30)41)23(16-5-4-6-18(31)24(16)34)25(38-22)27(40)36-15-9-7-14(8-10-15)26(35)39/h4-12,22-23,25,38H,13H2,1-3H3,(H2,35,39)(H,36,40)(H,37,41)/t22-,23?,25+,30+/m0/s1. The van der Waals surface area contributed by atoms with E-state index in [9.17, 15) is 14.4 Å². The van der Waals surface area contributed by atoms with Crippen LogP contribution in [0.5, 0.6) is 0 Å². The molecule has 0 bridgehead atoms. The first-order valence-electron chi connectivity index (χ1n) is 13.0. The van der Waals surface area contributed by atoms with Crippen molar-refractivity contribution in [1.29, 1.82) is 0 Å². The second-order valence-electron chi connectivity index (χ2n) is 11.6. The van der Waals surface area contributed by atoms with Gasteiger partial charge in [0, 0.05) is 28.9 Å². The summed E-state index contributed by atoms with van der Waals surface area (Å²) in [4.78, 5) is 39.6. The molecule has 3 amide bonds. The summed E-state index contributed by atoms with van der Waals surface area (Å²) in [6.07, 6.45) is 0.375. The molecule has 1 unspecified atom stereocenters. The Hall–Kier alpha value is -3.53. The SMILES string of the molecule is CC(C)(C)C[C@@H]1N[C@@H](C(=O)Nc2ccc(C(N)=O)cc2)C(c2cccc(Cl)c2F)[C@]12C(=O)Nc1cc(Cl)c(F)cc12. The largest absolute Gasteiger partial charge is 0.366 e. The Morgan fingerprint density at radius 3 is 2.37 bits per heavy atom. The van der Waals surface area contributed by atoms with Gasteiger partial charge in [-0.3, -0.25) is 14.4 Å². The van der Waals surface area contributed by atoms with Crippen molar-refractivity contribution in [2.24, 2.45) is 11.1 Å². The smallest absolute Gasteiger partial charge is 0.248 e. The quantitative estimate of drug-likeness (QED) is 0.298. The molecule has 5 N–H and O–H groups in total. The molecule has 41 heavy (non-hydrogen) atoms. The Morgan fingerprint density at radius 2 is 1.73 bits per heavy atom. The molecule has 0 aromatic heterocycles. The topological polar surface area (TPSA) is 113 Å². The lowest BCUT2D eigenvalue weighted by Crippen LogP contribution is -2.49. The molecule has 0 saturated carbocycles. The van der Waals surface area contributed by atoms with Crippen LogP contribution >= 0.6 is 23.2 Å². The Bertz CT molecular complexity index is 1580. The number of anilines is 2. The summed E-state index contributed by atoms with van der Waals surface area (Å²) in [5.41, 5.74) is 4.57. The molecule has 4 atom stereocenters. The van der Waals surface area contributed by atoms with Gasteiger partial charge < -0.3 is 21.7 Å². The van der Waals surface area contributed by atoms with Crippen molar-refractivity contribution in [1.82, 2.24) is 5.32 Å². The van der Waals surface area contributed by atoms with E-state index in [0.717, 1.165) is 0 Å². The summed E-state index contributed by atoms with van der Waals surface area (Å²) in [7, 11) is 0. The maximum Gasteiger partial charge on any atom is 0.248 e. The van der Waals surface area contributed by atoms with E-state index in [0.29, 0.717) is 12.1 Å². The van der Waals surface area contributed by atoms with Gasteiger partial charge >= 0.3 is 0 Å². The van der Waals surface area contributed by atoms with Gasteiger partial charge in [-0.2, -0.15) is 0 Å². The van der Waals surface area contributed by atoms with Crippen molar-refractivity contribution in [3.63, 3.8) is 0 Å². The van der Waals surface area contributed by atoms with Crippen LogP contribution in [-0.2, 0) is 15.0 Å². The van der Waals surface area contributed by atoms with E-state index < -0.39 is 52.8 Å². The highest BCUT2D eigenvalue weighted by atomic mass is 35.5. The molecule has 1 fully saturated rings. The molecule has 2 aliphatic heterocycles. The third-order valence-electron chi connectivity index (χ3n) is 7.74. The van der Waals surface area contributed by atoms with Gasteiger partial charge in [0.25, 0.3) is 0 Å². The molecule has 1 spiro atoms. The molecule has 3 aromatic carbocycles. The normalized spacial score (nSPS) is 23.4. The van der Waals surface area contributed by atoms with Gasteiger partial charge in [-0.1, -0.05) is 56.1 Å². The monoisotopic (exact) mass is 600 g/mol. The number of amides is 3. The second kappa shape index (κ2) is 10.4. The average Bonchev–Trinajstić information content (AvgIpc) is 3.35. The van der Waals surface area contributed by atoms with E-state index >= 15 is 8.78 Å². The van der Waals surface area contributed by atoms with Gasteiger partial charge in [0.15, 0.2) is 0 Å². The van der Waals surface area contributed by atoms with Crippen LogP contribution in [0, 0.1) is 17.0 Å². The first-order valence-corrected chi connectivity index (χ1v) is 13.7. The Labute approximate surface area is 245 Å². The minimum atomic E-state index is -1.60. The number of nitrogens with two attached hydrogens (primary N) is 1. The van der Waals surface area contributed by atoms with E-state index in [1.807, 2.05) is 20.8 Å². The van der Waals surface area contributed by atoms with Crippen molar-refractivity contribution in [2.75, 3.05) is 10.6 Å². The summed E-state index contributed by atoms with van der Waals surface area (Å²) in [5, 5.41) is 8.56. The van der Waals surface area contributed by atoms with Crippen LogP contribution in [0.2, 0.25) is 10.0 Å². The van der Waals surface area contributed by atoms with Gasteiger partial charge in [-0.15, -0.1) is 0 Å². The minimum Gasteiger partial charge on any atom is -0.366 e. The van der Waals surface area contributed by atoms with Gasteiger partial charge in [0.05, 0.1) is 16.1 Å². The molecule has 2 aliphatic rings. The molecule has 0 radical (unpaired) electrons. The fraction of sp³-hybridized carbons (Fsp3) is 0.300. The number of halogens is 4. The molecule has 1 saturated heterocycles. The number of benzene rings is 3. The number of primary amides is 1. The van der Waals surface area contributed by atoms with Crippen LogP contribution in [0.1, 0.15) is 54.6 Å². The molecule has 11 heteroatoms. The number of fused-ring (bicyclic) bond motifs is 2. The number of hydrogen-bond acceptors (Lipinski definition) is 4. The van der Waals surface area contributed by atoms with Gasteiger partial charge in [-0.05, 0) is 65.4 Å². The van der Waals surface area contributed by atoms with Crippen LogP contribution in [0.4, 0.5) is 20.2 Å². The van der Waals surface area contributed by atoms with Crippen LogP contribution in [0.3, 0.4) is 0 Å². The first kappa shape index (κ1) is 29.0. The summed E-state index contributed by atoms with van der Waals surface area (Å²) >= 11 is 12.3. The Morgan fingerprint density at radius 1 is 1.05 bits per heavy atom. The number of nitrogens with one attached hydrogen (secondary N) is 3. The van der Waals surface area contributed by atoms with E-state index in [1.165, 1.54) is 48.5 Å². The lowest BCUT2D eigenvalue weighted by atomic mass is 9.62. The predicted molar refractivity (Wildman–Crippen MR) is 154 cm³/mol. The summed E-state index contributed by atoms with van der Waals surface area (Å²) in [5.74, 6) is -4.36. The molecular weight excluding hydrogens is 573 g/mol. The zero-order chi connectivity index (χ0) is 29.9. The number of carbonyl (C=O) groups excluding carboxylic acids is 3. The van der Waals surface area contributed by atoms with E-state index in [-0.39, 0.29) is 37.8 Å². The Balaban J connectivity index is 1.71. The lowest BCUT2D eigenvalue weighted by Gasteiger charge is -2.37. The highest BCUT2D eigenvalue weighted by Crippen LogP contribution is 2.57. The van der Waals surface area contributed by atoms with Gasteiger partial charge in [0.2, 0.25) is 17.7 Å². The van der Waals surface area contributed by atoms with Crippen molar-refractivity contribution >= 4 is 52.3 Å². The van der Waals surface area contributed by atoms with Gasteiger partial charge in [0.1, 0.15) is 17.0 Å². The maximum atomic E-state index is 15.8. The fourth-order valence-electron chi connectivity index (χ4n) is 6.10. The molecule has 5 rings (SSSR count). The van der Waals surface area contributed by atoms with Crippen LogP contribution in [0.15, 0.2) is 54.6 Å². The molecule has 2 heterocycles. The summed E-state index contributed by atoms with van der Waals surface area (Å²) in [6.45, 7) is 5.92. The van der Waals surface area contributed by atoms with Crippen LogP contribution < -0.4 is 21.7 Å². The van der Waals surface area contributed by atoms with Crippen molar-refractivity contribution in [2.45, 2.75) is 50.6 Å². The highest BCUT2D eigenvalue weighted by molar-refractivity contribution is 6.31. The number of rotatable bonds is 5. The average molecular weight is 601 g/mol. The fourth-order valence-corrected chi connectivity index (χ4v) is 6.45. The Kier molecular flexibility index (Phi) is 7.34. The van der Waals surface area contributed by atoms with E-state index in [4.69, 9.17) is 28.9 Å². The summed E-state index contributed by atoms with van der Waals surface area (Å²) < 4.78 is 30.8. The maximum absolute atomic E-state index is 15.8. The number of hydrogen-bond donors (Lipinski definition) is 4. The molecule has 214 valence electrons. The highest BCUT2D eigenvalue weighted by Gasteiger charge is 2.66. The lowest BCUT2D eigenvalue weighted by molar-refractivity contribution is -0.122. The first-order chi connectivity index (χ1) is 19.2. The summed E-state index contributed by atoms with van der Waals surface area (Å²) in [6, 6.07) is 11.0. The van der Waals surface area contributed by atoms with Crippen LogP contribution in [-0.4, -0.2) is 29.8 Å². The van der Waals surface area contributed by atoms with E-state index in [1.54, 1.807) is 6.07 Å². The third-order valence-corrected chi connectivity index (χ3v) is 8.32. The van der Waals surface area contributed by atoms with Crippen molar-refractivity contribution in [3.05, 3.63) is 93.0 Å². The van der Waals surface area contributed by atoms with Crippen LogP contribution in [0.25, 0.3) is 0 Å². The molecule has 7 nitrogen and oxygen atoms in total.